The van der Waals surface area contributed by atoms with E-state index in [-0.39, 0.29) is 18.5 Å². The highest BCUT2D eigenvalue weighted by Gasteiger charge is 2.42. The van der Waals surface area contributed by atoms with Gasteiger partial charge >= 0.3 is 6.18 Å². The molecule has 194 valence electrons. The van der Waals surface area contributed by atoms with Crippen molar-refractivity contribution < 1.29 is 22.0 Å². The normalized spacial score (nSPS) is 23.3. The molecule has 0 amide bonds. The SMILES string of the molecule is CC1Cc2c([nH]c3ccc(F)cc23)C(c2ccc(NC3CCN(CCCF)C3)cn2)N1CC(F)(F)F. The van der Waals surface area contributed by atoms with E-state index in [4.69, 9.17) is 0 Å². The van der Waals surface area contributed by atoms with Crippen LogP contribution in [0.3, 0.4) is 0 Å². The Balaban J connectivity index is 1.43. The van der Waals surface area contributed by atoms with Crippen molar-refractivity contribution in [3.63, 3.8) is 0 Å². The molecule has 0 aliphatic carbocycles. The first-order chi connectivity index (χ1) is 17.2. The van der Waals surface area contributed by atoms with Crippen LogP contribution in [0.15, 0.2) is 36.5 Å². The van der Waals surface area contributed by atoms with Gasteiger partial charge in [-0.2, -0.15) is 13.2 Å². The first-order valence-corrected chi connectivity index (χ1v) is 12.3. The van der Waals surface area contributed by atoms with Crippen molar-refractivity contribution in [1.29, 1.82) is 0 Å². The summed E-state index contributed by atoms with van der Waals surface area (Å²) < 4.78 is 67.2. The van der Waals surface area contributed by atoms with Crippen LogP contribution < -0.4 is 5.32 Å². The molecule has 3 atom stereocenters. The minimum absolute atomic E-state index is 0.212. The fraction of sp³-hybridized carbons (Fsp3) is 0.500. The van der Waals surface area contributed by atoms with Gasteiger partial charge in [-0.1, -0.05) is 0 Å². The largest absolute Gasteiger partial charge is 0.401 e. The van der Waals surface area contributed by atoms with Gasteiger partial charge in [0.25, 0.3) is 0 Å². The third-order valence-electron chi connectivity index (χ3n) is 7.25. The highest BCUT2D eigenvalue weighted by molar-refractivity contribution is 5.85. The lowest BCUT2D eigenvalue weighted by atomic mass is 9.90. The van der Waals surface area contributed by atoms with Crippen LogP contribution in [-0.4, -0.2) is 70.9 Å². The van der Waals surface area contributed by atoms with Crippen LogP contribution in [-0.2, 0) is 6.42 Å². The second-order valence-electron chi connectivity index (χ2n) is 9.90. The zero-order chi connectivity index (χ0) is 25.4. The summed E-state index contributed by atoms with van der Waals surface area (Å²) in [6, 6.07) is 7.07. The second kappa shape index (κ2) is 9.97. The van der Waals surface area contributed by atoms with E-state index in [1.807, 2.05) is 6.07 Å². The van der Waals surface area contributed by atoms with Crippen LogP contribution >= 0.6 is 0 Å². The Morgan fingerprint density at radius 1 is 1.19 bits per heavy atom. The molecule has 0 spiro atoms. The number of likely N-dealkylation sites (tertiary alicyclic amines) is 1. The lowest BCUT2D eigenvalue weighted by Gasteiger charge is -2.40. The monoisotopic (exact) mass is 507 g/mol. The molecular weight excluding hydrogens is 477 g/mol. The molecule has 10 heteroatoms. The zero-order valence-corrected chi connectivity index (χ0v) is 20.1. The van der Waals surface area contributed by atoms with Crippen molar-refractivity contribution in [2.75, 3.05) is 38.2 Å². The lowest BCUT2D eigenvalue weighted by molar-refractivity contribution is -0.155. The molecule has 2 aliphatic rings. The third-order valence-corrected chi connectivity index (χ3v) is 7.25. The maximum atomic E-state index is 14.0. The average Bonchev–Trinajstić information content (AvgIpc) is 3.42. The summed E-state index contributed by atoms with van der Waals surface area (Å²) in [5, 5.41) is 4.14. The highest BCUT2D eigenvalue weighted by atomic mass is 19.4. The summed E-state index contributed by atoms with van der Waals surface area (Å²) in [6.45, 7) is 2.83. The summed E-state index contributed by atoms with van der Waals surface area (Å²) in [7, 11) is 0. The number of rotatable bonds is 7. The Bertz CT molecular complexity index is 1190. The standard InChI is InChI=1S/C26H30F5N5/c1-16-11-21-20-12-17(28)3-5-22(20)34-24(21)25(36(16)15-26(29,30)31)23-6-4-18(13-32-23)33-19-7-10-35(14-19)9-2-8-27/h3-6,12-13,16,19,25,33-34H,2,7-11,14-15H2,1H3. The van der Waals surface area contributed by atoms with Gasteiger partial charge in [0, 0.05) is 48.3 Å². The summed E-state index contributed by atoms with van der Waals surface area (Å²) in [4.78, 5) is 11.5. The Hall–Kier alpha value is -2.72. The summed E-state index contributed by atoms with van der Waals surface area (Å²) >= 11 is 0. The number of nitrogens with zero attached hydrogens (tertiary/aromatic N) is 3. The molecule has 36 heavy (non-hydrogen) atoms. The van der Waals surface area contributed by atoms with E-state index >= 15 is 0 Å². The number of alkyl halides is 4. The van der Waals surface area contributed by atoms with Crippen molar-refractivity contribution in [3.05, 3.63) is 59.3 Å². The summed E-state index contributed by atoms with van der Waals surface area (Å²) in [5.41, 5.74) is 3.46. The van der Waals surface area contributed by atoms with Crippen LogP contribution in [0.4, 0.5) is 27.6 Å². The van der Waals surface area contributed by atoms with E-state index in [1.165, 1.54) is 17.0 Å². The minimum Gasteiger partial charge on any atom is -0.380 e. The van der Waals surface area contributed by atoms with Crippen molar-refractivity contribution >= 4 is 16.6 Å². The van der Waals surface area contributed by atoms with Gasteiger partial charge in [-0.25, -0.2) is 4.39 Å². The number of hydrogen-bond acceptors (Lipinski definition) is 4. The molecule has 0 saturated carbocycles. The molecule has 5 nitrogen and oxygen atoms in total. The number of aromatic amines is 1. The van der Waals surface area contributed by atoms with Crippen LogP contribution in [0, 0.1) is 5.82 Å². The van der Waals surface area contributed by atoms with Crippen LogP contribution in [0.25, 0.3) is 10.9 Å². The second-order valence-corrected chi connectivity index (χ2v) is 9.90. The maximum absolute atomic E-state index is 14.0. The summed E-state index contributed by atoms with van der Waals surface area (Å²) in [5.74, 6) is -0.380. The van der Waals surface area contributed by atoms with Crippen molar-refractivity contribution in [3.8, 4) is 0 Å². The predicted molar refractivity (Wildman–Crippen MR) is 129 cm³/mol. The molecule has 5 rings (SSSR count). The van der Waals surface area contributed by atoms with Gasteiger partial charge in [-0.05, 0) is 62.1 Å². The topological polar surface area (TPSA) is 47.2 Å². The van der Waals surface area contributed by atoms with Gasteiger partial charge in [0.2, 0.25) is 0 Å². The molecular formula is C26H30F5N5. The number of benzene rings is 1. The number of aromatic nitrogens is 2. The van der Waals surface area contributed by atoms with E-state index < -0.39 is 24.8 Å². The third kappa shape index (κ3) is 5.20. The van der Waals surface area contributed by atoms with Gasteiger partial charge in [-0.15, -0.1) is 0 Å². The van der Waals surface area contributed by atoms with Gasteiger partial charge in [-0.3, -0.25) is 14.3 Å². The number of fused-ring (bicyclic) bond motifs is 3. The molecule has 3 unspecified atom stereocenters. The number of pyridine rings is 1. The van der Waals surface area contributed by atoms with E-state index in [2.05, 4.69) is 20.2 Å². The number of halogens is 5. The molecule has 1 fully saturated rings. The molecule has 2 aliphatic heterocycles. The number of anilines is 1. The first-order valence-electron chi connectivity index (χ1n) is 12.3. The van der Waals surface area contributed by atoms with Crippen LogP contribution in [0.5, 0.6) is 0 Å². The Morgan fingerprint density at radius 2 is 2.03 bits per heavy atom. The maximum Gasteiger partial charge on any atom is 0.401 e. The molecule has 1 saturated heterocycles. The zero-order valence-electron chi connectivity index (χ0n) is 20.1. The smallest absolute Gasteiger partial charge is 0.380 e. The molecule has 0 radical (unpaired) electrons. The first kappa shape index (κ1) is 25.0. The summed E-state index contributed by atoms with van der Waals surface area (Å²) in [6.07, 6.45) is -0.875. The predicted octanol–water partition coefficient (Wildman–Crippen LogP) is 5.45. The molecule has 0 bridgehead atoms. The Morgan fingerprint density at radius 3 is 2.75 bits per heavy atom. The van der Waals surface area contributed by atoms with E-state index in [0.29, 0.717) is 35.1 Å². The molecule has 3 aromatic rings. The quantitative estimate of drug-likeness (QED) is 0.418. The molecule has 4 heterocycles. The minimum atomic E-state index is -4.37. The van der Waals surface area contributed by atoms with Crippen molar-refractivity contribution in [2.45, 2.75) is 50.5 Å². The Kier molecular flexibility index (Phi) is 6.91. The van der Waals surface area contributed by atoms with Crippen molar-refractivity contribution in [1.82, 2.24) is 19.8 Å². The van der Waals surface area contributed by atoms with E-state index in [1.54, 1.807) is 25.3 Å². The van der Waals surface area contributed by atoms with Crippen LogP contribution in [0.2, 0.25) is 0 Å². The fourth-order valence-corrected chi connectivity index (χ4v) is 5.62. The average molecular weight is 508 g/mol. The molecule has 1 aromatic carbocycles. The van der Waals surface area contributed by atoms with Gasteiger partial charge in [0.05, 0.1) is 36.8 Å². The highest BCUT2D eigenvalue weighted by Crippen LogP contribution is 2.41. The van der Waals surface area contributed by atoms with Crippen molar-refractivity contribution in [2.24, 2.45) is 0 Å². The van der Waals surface area contributed by atoms with E-state index in [0.717, 1.165) is 37.3 Å². The van der Waals surface area contributed by atoms with Gasteiger partial charge in [0.1, 0.15) is 5.82 Å². The fourth-order valence-electron chi connectivity index (χ4n) is 5.62. The molecule has 2 aromatic heterocycles. The van der Waals surface area contributed by atoms with Gasteiger partial charge < -0.3 is 15.2 Å². The lowest BCUT2D eigenvalue weighted by Crippen LogP contribution is -2.47. The number of H-pyrrole nitrogens is 1. The molecule has 2 N–H and O–H groups in total. The number of hydrogen-bond donors (Lipinski definition) is 2. The number of nitrogens with one attached hydrogen (secondary N) is 2. The van der Waals surface area contributed by atoms with Crippen LogP contribution in [0.1, 0.15) is 42.8 Å². The van der Waals surface area contributed by atoms with Gasteiger partial charge in [0.15, 0.2) is 0 Å². The van der Waals surface area contributed by atoms with E-state index in [9.17, 15) is 22.0 Å². The Labute approximate surface area is 206 Å².